The number of nitrogens with zero attached hydrogens (tertiary/aromatic N) is 8. The quantitative estimate of drug-likeness (QED) is 0.0610. The zero-order valence-electron chi connectivity index (χ0n) is 54.1. The lowest BCUT2D eigenvalue weighted by molar-refractivity contribution is -0.176. The number of hydrogen-bond acceptors (Lipinski definition) is 16. The number of esters is 4. The highest BCUT2D eigenvalue weighted by atomic mass is 16.6. The van der Waals surface area contributed by atoms with E-state index in [0.29, 0.717) is 35.3 Å². The van der Waals surface area contributed by atoms with Gasteiger partial charge in [-0.1, -0.05) is 104 Å². The summed E-state index contributed by atoms with van der Waals surface area (Å²) in [5, 5.41) is 31.3. The summed E-state index contributed by atoms with van der Waals surface area (Å²) in [6, 6.07) is 8.68. The summed E-state index contributed by atoms with van der Waals surface area (Å²) < 4.78 is 27.4. The first-order chi connectivity index (χ1) is 42.3. The minimum atomic E-state index is -1.61. The maximum absolute atomic E-state index is 15.1. The molecule has 1 saturated heterocycles. The second kappa shape index (κ2) is 33.1. The molecule has 3 heterocycles. The second-order valence-electron chi connectivity index (χ2n) is 24.8. The number of cyclic esters (lactones) is 4. The van der Waals surface area contributed by atoms with Gasteiger partial charge in [0.25, 0.3) is 23.6 Å². The van der Waals surface area contributed by atoms with Crippen LogP contribution in [0, 0.1) is 23.7 Å². The summed E-state index contributed by atoms with van der Waals surface area (Å²) in [4.78, 5) is 144. The monoisotopic (exact) mass is 1250 g/mol. The predicted octanol–water partition coefficient (Wildman–Crippen LogP) is 5.69. The van der Waals surface area contributed by atoms with Gasteiger partial charge in [0.1, 0.15) is 24.2 Å². The molecule has 26 heteroatoms. The molecule has 1 aliphatic heterocycles. The minimum absolute atomic E-state index is 0.0325. The topological polar surface area (TPSA) is 321 Å². The molecule has 8 atom stereocenters. The van der Waals surface area contributed by atoms with Gasteiger partial charge in [0, 0.05) is 77.6 Å². The molecular formula is C64H90N10O16. The third-order valence-corrected chi connectivity index (χ3v) is 15.3. The molecule has 0 saturated carbocycles. The van der Waals surface area contributed by atoms with E-state index in [1.54, 1.807) is 82.7 Å². The standard InChI is InChI=1S/C64H90N10O16/c1-37(2)23-49-59(79)87-41(9)55(75)69(11)52(26-40(7)8)62(82)90-54(28-44-17-21-46(22-18-44)34-74-36-48(32-68-74)30-66-64(85)86)58(78)72(14)50(24-38(3)4)60(80)88-42(10)56(76)70(12)51(25-39(5)6)61(81)89-53(57(77)71(49)13)27-43-15-19-45(20-16-43)33-73-35-47(31-67-73)29-65-63(83)84/h15-22,31-32,35-42,49-54,65-66H,23-30,33-34H2,1-14H3,(H,83,84)(H,85,86)/t41-,42-,49+,50+,51+,52+,53-,54-/m1/s1. The van der Waals surface area contributed by atoms with Gasteiger partial charge in [0.05, 0.1) is 25.5 Å². The summed E-state index contributed by atoms with van der Waals surface area (Å²) in [5.41, 5.74) is 3.93. The van der Waals surface area contributed by atoms with Crippen LogP contribution in [0.2, 0.25) is 0 Å². The molecule has 0 bridgehead atoms. The van der Waals surface area contributed by atoms with Crippen molar-refractivity contribution in [3.63, 3.8) is 0 Å². The molecule has 4 aromatic rings. The highest BCUT2D eigenvalue weighted by Gasteiger charge is 2.43. The number of amides is 6. The fourth-order valence-corrected chi connectivity index (χ4v) is 10.4. The molecule has 2 aromatic heterocycles. The Kier molecular flexibility index (Phi) is 26.5. The number of carboxylic acid groups (broad SMARTS) is 2. The largest absolute Gasteiger partial charge is 0.465 e. The zero-order valence-corrected chi connectivity index (χ0v) is 54.1. The highest BCUT2D eigenvalue weighted by molar-refractivity contribution is 5.94. The van der Waals surface area contributed by atoms with Gasteiger partial charge < -0.3 is 59.4 Å². The van der Waals surface area contributed by atoms with Crippen LogP contribution in [0.5, 0.6) is 0 Å². The Bertz CT molecular complexity index is 2900. The van der Waals surface area contributed by atoms with Crippen molar-refractivity contribution in [2.75, 3.05) is 28.2 Å². The summed E-state index contributed by atoms with van der Waals surface area (Å²) in [6.07, 6.45) is -2.46. The minimum Gasteiger partial charge on any atom is -0.465 e. The van der Waals surface area contributed by atoms with E-state index in [4.69, 9.17) is 29.2 Å². The van der Waals surface area contributed by atoms with Crippen molar-refractivity contribution in [3.8, 4) is 0 Å². The van der Waals surface area contributed by atoms with E-state index in [1.807, 2.05) is 55.4 Å². The second-order valence-corrected chi connectivity index (χ2v) is 24.8. The number of rotatable bonds is 20. The van der Waals surface area contributed by atoms with Crippen molar-refractivity contribution in [2.24, 2.45) is 23.7 Å². The van der Waals surface area contributed by atoms with E-state index in [2.05, 4.69) is 20.8 Å². The third-order valence-electron chi connectivity index (χ3n) is 15.3. The van der Waals surface area contributed by atoms with Crippen LogP contribution in [-0.2, 0) is 96.3 Å². The number of hydrogen-bond donors (Lipinski definition) is 4. The lowest BCUT2D eigenvalue weighted by atomic mass is 9.99. The molecule has 6 amide bonds. The molecule has 0 aliphatic carbocycles. The Morgan fingerprint density at radius 3 is 0.978 bits per heavy atom. The van der Waals surface area contributed by atoms with Crippen molar-refractivity contribution < 1.29 is 77.1 Å². The SMILES string of the molecule is CC(C)C[C@H]1C(=O)O[C@H](Cc2ccc(Cn3cc(CNC(=O)O)cn3)cc2)C(=O)N(C)[C@@H](CC(C)C)C(=O)O[C@H](C)C(=O)N(C)[C@@H](CC(C)C)C(=O)O[C@H](Cc2ccc(Cn3cc(CNC(=O)O)cn3)cc2)C(=O)N(C)[C@@H](CC(C)C)C(=O)O[C@H](C)C(=O)N1C. The fourth-order valence-electron chi connectivity index (χ4n) is 10.4. The highest BCUT2D eigenvalue weighted by Crippen LogP contribution is 2.25. The smallest absolute Gasteiger partial charge is 0.404 e. The van der Waals surface area contributed by atoms with E-state index in [-0.39, 0.29) is 75.3 Å². The van der Waals surface area contributed by atoms with E-state index in [1.165, 1.54) is 42.0 Å². The van der Waals surface area contributed by atoms with E-state index in [9.17, 15) is 38.4 Å². The van der Waals surface area contributed by atoms with Gasteiger partial charge in [-0.2, -0.15) is 10.2 Å². The number of carbonyl (C=O) groups excluding carboxylic acids is 8. The first kappa shape index (κ1) is 71.9. The number of benzene rings is 2. The molecule has 2 aromatic carbocycles. The van der Waals surface area contributed by atoms with Crippen LogP contribution in [0.4, 0.5) is 9.59 Å². The van der Waals surface area contributed by atoms with Crippen molar-refractivity contribution in [3.05, 3.63) is 107 Å². The number of likely N-dealkylation sites (N-methyl/N-ethyl adjacent to an activating group) is 4. The summed E-state index contributed by atoms with van der Waals surface area (Å²) in [5.74, 6) is -8.04. The lowest BCUT2D eigenvalue weighted by Crippen LogP contribution is -2.55. The molecule has 90 heavy (non-hydrogen) atoms. The molecule has 492 valence electrons. The Morgan fingerprint density at radius 1 is 0.433 bits per heavy atom. The molecule has 1 fully saturated rings. The molecule has 26 nitrogen and oxygen atoms in total. The fraction of sp³-hybridized carbons (Fsp3) is 0.562. The van der Waals surface area contributed by atoms with Crippen molar-refractivity contribution in [2.45, 2.75) is 183 Å². The number of nitrogens with one attached hydrogen (secondary N) is 2. The van der Waals surface area contributed by atoms with Crippen LogP contribution in [0.15, 0.2) is 73.3 Å². The Hall–Kier alpha value is -8.84. The number of aromatic nitrogens is 4. The van der Waals surface area contributed by atoms with Gasteiger partial charge in [0.15, 0.2) is 24.4 Å². The van der Waals surface area contributed by atoms with Crippen LogP contribution in [0.25, 0.3) is 0 Å². The summed E-state index contributed by atoms with van der Waals surface area (Å²) in [6.45, 7) is 17.9. The molecule has 0 spiro atoms. The molecular weight excluding hydrogens is 1160 g/mol. The van der Waals surface area contributed by atoms with Gasteiger partial charge in [-0.15, -0.1) is 0 Å². The molecule has 0 unspecified atom stereocenters. The summed E-state index contributed by atoms with van der Waals surface area (Å²) >= 11 is 0. The van der Waals surface area contributed by atoms with Crippen LogP contribution in [-0.4, -0.2) is 186 Å². The molecule has 1 aliphatic rings. The van der Waals surface area contributed by atoms with E-state index < -0.39 is 108 Å². The molecule has 0 radical (unpaired) electrons. The van der Waals surface area contributed by atoms with Gasteiger partial charge in [-0.25, -0.2) is 28.8 Å². The predicted molar refractivity (Wildman–Crippen MR) is 328 cm³/mol. The number of carbonyl (C=O) groups is 10. The van der Waals surface area contributed by atoms with Crippen LogP contribution in [0.3, 0.4) is 0 Å². The van der Waals surface area contributed by atoms with E-state index >= 15 is 9.59 Å². The molecule has 5 rings (SSSR count). The molecule has 4 N–H and O–H groups in total. The maximum atomic E-state index is 15.1. The Balaban J connectivity index is 1.56. The van der Waals surface area contributed by atoms with Gasteiger partial charge in [-0.05, 0) is 85.5 Å². The maximum Gasteiger partial charge on any atom is 0.404 e. The third kappa shape index (κ3) is 21.2. The van der Waals surface area contributed by atoms with Crippen LogP contribution >= 0.6 is 0 Å². The first-order valence-corrected chi connectivity index (χ1v) is 30.3. The van der Waals surface area contributed by atoms with Crippen molar-refractivity contribution >= 4 is 59.7 Å². The lowest BCUT2D eigenvalue weighted by Gasteiger charge is -2.35. The average molecular weight is 1260 g/mol. The zero-order chi connectivity index (χ0) is 66.8. The van der Waals surface area contributed by atoms with Gasteiger partial charge in [-0.3, -0.25) is 28.5 Å². The first-order valence-electron chi connectivity index (χ1n) is 30.3. The van der Waals surface area contributed by atoms with Gasteiger partial charge in [0.2, 0.25) is 0 Å². The van der Waals surface area contributed by atoms with Crippen LogP contribution in [0.1, 0.15) is 128 Å². The van der Waals surface area contributed by atoms with Crippen molar-refractivity contribution in [1.29, 1.82) is 0 Å². The van der Waals surface area contributed by atoms with Crippen LogP contribution < -0.4 is 10.6 Å². The van der Waals surface area contributed by atoms with E-state index in [0.717, 1.165) is 30.7 Å². The van der Waals surface area contributed by atoms with Gasteiger partial charge >= 0.3 is 36.1 Å². The Labute approximate surface area is 525 Å². The Morgan fingerprint density at radius 2 is 0.700 bits per heavy atom. The van der Waals surface area contributed by atoms with Crippen molar-refractivity contribution in [1.82, 2.24) is 49.8 Å². The normalized spacial score (nSPS) is 21.8. The number of ether oxygens (including phenoxy) is 4. The average Bonchev–Trinajstić information content (AvgIpc) is 1.14. The summed E-state index contributed by atoms with van der Waals surface area (Å²) in [7, 11) is 5.42.